The quantitative estimate of drug-likeness (QED) is 0.902. The fourth-order valence-corrected chi connectivity index (χ4v) is 3.65. The summed E-state index contributed by atoms with van der Waals surface area (Å²) in [6.45, 7) is 4.40. The van der Waals surface area contributed by atoms with Crippen molar-refractivity contribution in [3.8, 4) is 0 Å². The van der Waals surface area contributed by atoms with E-state index in [1.807, 2.05) is 0 Å². The molecule has 1 saturated carbocycles. The highest BCUT2D eigenvalue weighted by atomic mass is 16.5. The van der Waals surface area contributed by atoms with Gasteiger partial charge in [-0.3, -0.25) is 0 Å². The lowest BCUT2D eigenvalue weighted by Gasteiger charge is -2.30. The Bertz CT molecular complexity index is 397. The molecule has 2 nitrogen and oxygen atoms in total. The van der Waals surface area contributed by atoms with Gasteiger partial charge < -0.3 is 10.1 Å². The third-order valence-corrected chi connectivity index (χ3v) is 5.15. The highest BCUT2D eigenvalue weighted by molar-refractivity contribution is 5.19. The van der Waals surface area contributed by atoms with Gasteiger partial charge in [-0.1, -0.05) is 37.3 Å². The maximum Gasteiger partial charge on any atom is 0.0625 e. The lowest BCUT2D eigenvalue weighted by molar-refractivity contribution is 0.0102. The van der Waals surface area contributed by atoms with E-state index in [0.717, 1.165) is 25.0 Å². The molecule has 0 spiro atoms. The van der Waals surface area contributed by atoms with E-state index in [0.29, 0.717) is 12.1 Å². The molecule has 0 amide bonds. The van der Waals surface area contributed by atoms with Crippen molar-refractivity contribution in [2.45, 2.75) is 57.1 Å². The molecule has 110 valence electrons. The first-order valence-corrected chi connectivity index (χ1v) is 8.23. The Morgan fingerprint density at radius 1 is 1.05 bits per heavy atom. The van der Waals surface area contributed by atoms with Crippen molar-refractivity contribution in [3.05, 3.63) is 35.9 Å². The van der Waals surface area contributed by atoms with Crippen LogP contribution in [0, 0.1) is 5.92 Å². The summed E-state index contributed by atoms with van der Waals surface area (Å²) in [5.41, 5.74) is 1.51. The number of nitrogens with one attached hydrogen (secondary N) is 1. The van der Waals surface area contributed by atoms with Crippen LogP contribution in [0.3, 0.4) is 0 Å². The number of hydrogen-bond acceptors (Lipinski definition) is 2. The zero-order valence-electron chi connectivity index (χ0n) is 12.6. The van der Waals surface area contributed by atoms with Crippen LogP contribution in [-0.4, -0.2) is 25.3 Å². The van der Waals surface area contributed by atoms with Crippen LogP contribution >= 0.6 is 0 Å². The molecule has 1 saturated heterocycles. The molecule has 2 fully saturated rings. The first-order valence-electron chi connectivity index (χ1n) is 8.23. The van der Waals surface area contributed by atoms with Crippen molar-refractivity contribution in [1.82, 2.24) is 5.32 Å². The third kappa shape index (κ3) is 3.42. The highest BCUT2D eigenvalue weighted by Gasteiger charge is 2.26. The molecule has 1 aromatic rings. The van der Waals surface area contributed by atoms with E-state index in [4.69, 9.17) is 4.74 Å². The van der Waals surface area contributed by atoms with Gasteiger partial charge in [0.25, 0.3) is 0 Å². The number of rotatable bonds is 4. The predicted molar refractivity (Wildman–Crippen MR) is 83.0 cm³/mol. The summed E-state index contributed by atoms with van der Waals surface area (Å²) in [4.78, 5) is 0. The summed E-state index contributed by atoms with van der Waals surface area (Å²) in [5.74, 6) is 1.52. The van der Waals surface area contributed by atoms with Gasteiger partial charge in [0, 0.05) is 6.04 Å². The van der Waals surface area contributed by atoms with Crippen LogP contribution in [-0.2, 0) is 4.74 Å². The predicted octanol–water partition coefficient (Wildman–Crippen LogP) is 3.73. The van der Waals surface area contributed by atoms with Crippen molar-refractivity contribution in [2.75, 3.05) is 13.2 Å². The molecular formula is C18H27NO. The highest BCUT2D eigenvalue weighted by Crippen LogP contribution is 2.34. The minimum absolute atomic E-state index is 0.490. The Kier molecular flexibility index (Phi) is 4.74. The lowest BCUT2D eigenvalue weighted by Crippen LogP contribution is -2.34. The molecule has 0 aromatic heterocycles. The van der Waals surface area contributed by atoms with Gasteiger partial charge in [0.05, 0.1) is 12.7 Å². The summed E-state index contributed by atoms with van der Waals surface area (Å²) < 4.78 is 6.16. The molecule has 1 heterocycles. The zero-order valence-corrected chi connectivity index (χ0v) is 12.6. The molecule has 0 bridgehead atoms. The van der Waals surface area contributed by atoms with E-state index in [9.17, 15) is 0 Å². The zero-order chi connectivity index (χ0) is 13.8. The molecule has 1 aromatic carbocycles. The molecule has 3 rings (SSSR count). The van der Waals surface area contributed by atoms with Crippen molar-refractivity contribution in [3.63, 3.8) is 0 Å². The average molecular weight is 273 g/mol. The average Bonchev–Trinajstić information content (AvgIpc) is 2.92. The first-order chi connectivity index (χ1) is 9.83. The SMILES string of the molecule is C[C@H]1CCNC1COC1CCC(c2ccccc2)CC1. The summed E-state index contributed by atoms with van der Waals surface area (Å²) in [6.07, 6.45) is 6.80. The van der Waals surface area contributed by atoms with Crippen molar-refractivity contribution < 1.29 is 4.74 Å². The van der Waals surface area contributed by atoms with Gasteiger partial charge in [-0.15, -0.1) is 0 Å². The van der Waals surface area contributed by atoms with Crippen LogP contribution in [0.15, 0.2) is 30.3 Å². The van der Waals surface area contributed by atoms with Gasteiger partial charge in [-0.05, 0) is 56.0 Å². The van der Waals surface area contributed by atoms with E-state index in [1.54, 1.807) is 0 Å². The van der Waals surface area contributed by atoms with Gasteiger partial charge in [0.2, 0.25) is 0 Å². The molecule has 2 atom stereocenters. The molecule has 20 heavy (non-hydrogen) atoms. The molecule has 1 unspecified atom stereocenters. The van der Waals surface area contributed by atoms with Crippen LogP contribution in [0.1, 0.15) is 50.5 Å². The van der Waals surface area contributed by atoms with Crippen LogP contribution in [0.5, 0.6) is 0 Å². The van der Waals surface area contributed by atoms with E-state index in [-0.39, 0.29) is 0 Å². The second kappa shape index (κ2) is 6.73. The third-order valence-electron chi connectivity index (χ3n) is 5.15. The molecule has 2 aliphatic rings. The minimum atomic E-state index is 0.490. The molecular weight excluding hydrogens is 246 g/mol. The lowest BCUT2D eigenvalue weighted by atomic mass is 9.83. The Hall–Kier alpha value is -0.860. The molecule has 0 radical (unpaired) electrons. The monoisotopic (exact) mass is 273 g/mol. The second-order valence-electron chi connectivity index (χ2n) is 6.54. The molecule has 1 aliphatic carbocycles. The summed E-state index contributed by atoms with van der Waals surface area (Å²) >= 11 is 0. The summed E-state index contributed by atoms with van der Waals surface area (Å²) in [6, 6.07) is 11.6. The van der Waals surface area contributed by atoms with E-state index in [2.05, 4.69) is 42.6 Å². The number of benzene rings is 1. The molecule has 1 N–H and O–H groups in total. The molecule has 2 heteroatoms. The van der Waals surface area contributed by atoms with Gasteiger partial charge in [0.1, 0.15) is 0 Å². The van der Waals surface area contributed by atoms with Crippen LogP contribution in [0.4, 0.5) is 0 Å². The Labute approximate surface area is 122 Å². The van der Waals surface area contributed by atoms with Crippen LogP contribution in [0.25, 0.3) is 0 Å². The smallest absolute Gasteiger partial charge is 0.0625 e. The topological polar surface area (TPSA) is 21.3 Å². The first kappa shape index (κ1) is 14.1. The van der Waals surface area contributed by atoms with Crippen molar-refractivity contribution in [2.24, 2.45) is 5.92 Å². The summed E-state index contributed by atoms with van der Waals surface area (Å²) in [5, 5.41) is 3.56. The maximum absolute atomic E-state index is 6.16. The van der Waals surface area contributed by atoms with Gasteiger partial charge >= 0.3 is 0 Å². The fraction of sp³-hybridized carbons (Fsp3) is 0.667. The number of ether oxygens (including phenoxy) is 1. The normalized spacial score (nSPS) is 34.2. The van der Waals surface area contributed by atoms with Crippen molar-refractivity contribution in [1.29, 1.82) is 0 Å². The maximum atomic E-state index is 6.16. The van der Waals surface area contributed by atoms with Gasteiger partial charge in [0.15, 0.2) is 0 Å². The Morgan fingerprint density at radius 2 is 1.80 bits per heavy atom. The standard InChI is InChI=1S/C18H27NO/c1-14-11-12-19-18(14)13-20-17-9-7-16(8-10-17)15-5-3-2-4-6-15/h2-6,14,16-19H,7-13H2,1H3/t14-,16?,17?,18?/m0/s1. The van der Waals surface area contributed by atoms with Gasteiger partial charge in [-0.25, -0.2) is 0 Å². The fourth-order valence-electron chi connectivity index (χ4n) is 3.65. The largest absolute Gasteiger partial charge is 0.377 e. The number of hydrogen-bond donors (Lipinski definition) is 1. The minimum Gasteiger partial charge on any atom is -0.377 e. The summed E-state index contributed by atoms with van der Waals surface area (Å²) in [7, 11) is 0. The second-order valence-corrected chi connectivity index (χ2v) is 6.54. The van der Waals surface area contributed by atoms with Crippen LogP contribution in [0.2, 0.25) is 0 Å². The molecule has 1 aliphatic heterocycles. The van der Waals surface area contributed by atoms with E-state index >= 15 is 0 Å². The van der Waals surface area contributed by atoms with E-state index < -0.39 is 0 Å². The van der Waals surface area contributed by atoms with Crippen molar-refractivity contribution >= 4 is 0 Å². The Balaban J connectivity index is 1.42. The van der Waals surface area contributed by atoms with Crippen LogP contribution < -0.4 is 5.32 Å². The van der Waals surface area contributed by atoms with E-state index in [1.165, 1.54) is 37.7 Å². The van der Waals surface area contributed by atoms with Gasteiger partial charge in [-0.2, -0.15) is 0 Å². The Morgan fingerprint density at radius 3 is 2.45 bits per heavy atom.